The molecule has 0 aliphatic heterocycles. The van der Waals surface area contributed by atoms with Gasteiger partial charge in [-0.05, 0) is 17.7 Å². The largest absolute Gasteiger partial charge is 0.369 e. The Kier molecular flexibility index (Phi) is 5.53. The van der Waals surface area contributed by atoms with Crippen molar-refractivity contribution < 1.29 is 9.18 Å². The van der Waals surface area contributed by atoms with Gasteiger partial charge < -0.3 is 11.5 Å². The van der Waals surface area contributed by atoms with E-state index in [9.17, 15) is 9.18 Å². The molecule has 0 saturated heterocycles. The maximum atomic E-state index is 13.6. The average Bonchev–Trinajstić information content (AvgIpc) is 2.28. The summed E-state index contributed by atoms with van der Waals surface area (Å²) in [6, 6.07) is 4.75. The number of amides is 1. The van der Waals surface area contributed by atoms with Crippen molar-refractivity contribution in [3.8, 4) is 11.8 Å². The van der Waals surface area contributed by atoms with Gasteiger partial charge in [0, 0.05) is 11.3 Å². The normalized spacial score (nSPS) is 9.53. The fourth-order valence-corrected chi connectivity index (χ4v) is 1.91. The van der Waals surface area contributed by atoms with E-state index >= 15 is 0 Å². The standard InChI is InChI=1S/C12H13FN2OS/c13-11-6-9(2-1-5-14)3-4-10(11)7-17-8-12(15)16/h3-4,6H,5,7-8,14H2,(H2,15,16). The van der Waals surface area contributed by atoms with Gasteiger partial charge in [-0.25, -0.2) is 4.39 Å². The Bertz CT molecular complexity index is 465. The van der Waals surface area contributed by atoms with Gasteiger partial charge in [0.05, 0.1) is 12.3 Å². The number of primary amides is 1. The highest BCUT2D eigenvalue weighted by Gasteiger charge is 2.04. The first-order chi connectivity index (χ1) is 8.13. The van der Waals surface area contributed by atoms with Crippen molar-refractivity contribution in [2.45, 2.75) is 5.75 Å². The van der Waals surface area contributed by atoms with Crippen LogP contribution in [0, 0.1) is 17.7 Å². The third kappa shape index (κ3) is 4.89. The lowest BCUT2D eigenvalue weighted by atomic mass is 10.1. The lowest BCUT2D eigenvalue weighted by Crippen LogP contribution is -2.13. The Labute approximate surface area is 104 Å². The number of halogens is 1. The lowest BCUT2D eigenvalue weighted by molar-refractivity contribution is -0.115. The van der Waals surface area contributed by atoms with Gasteiger partial charge in [0.15, 0.2) is 0 Å². The summed E-state index contributed by atoms with van der Waals surface area (Å²) in [5.74, 6) is 5.28. The molecule has 4 N–H and O–H groups in total. The number of carbonyl (C=O) groups is 1. The Balaban J connectivity index is 2.66. The molecular formula is C12H13FN2OS. The van der Waals surface area contributed by atoms with Crippen LogP contribution in [-0.4, -0.2) is 18.2 Å². The van der Waals surface area contributed by atoms with E-state index in [-0.39, 0.29) is 18.1 Å². The van der Waals surface area contributed by atoms with E-state index in [1.807, 2.05) is 0 Å². The Morgan fingerprint density at radius 1 is 1.47 bits per heavy atom. The summed E-state index contributed by atoms with van der Waals surface area (Å²) >= 11 is 1.28. The van der Waals surface area contributed by atoms with Gasteiger partial charge in [-0.15, -0.1) is 11.8 Å². The van der Waals surface area contributed by atoms with Crippen molar-refractivity contribution in [3.05, 3.63) is 35.1 Å². The minimum absolute atomic E-state index is 0.189. The molecule has 0 bridgehead atoms. The molecule has 0 aromatic heterocycles. The number of thioether (sulfide) groups is 1. The SMILES string of the molecule is NCC#Cc1ccc(CSCC(N)=O)c(F)c1. The maximum absolute atomic E-state index is 13.6. The smallest absolute Gasteiger partial charge is 0.227 e. The number of hydrogen-bond donors (Lipinski definition) is 2. The maximum Gasteiger partial charge on any atom is 0.227 e. The third-order valence-corrected chi connectivity index (χ3v) is 2.89. The van der Waals surface area contributed by atoms with Crippen LogP contribution in [0.2, 0.25) is 0 Å². The fourth-order valence-electron chi connectivity index (χ4n) is 1.16. The Hall–Kier alpha value is -1.51. The molecule has 1 amide bonds. The van der Waals surface area contributed by atoms with Gasteiger partial charge in [0.1, 0.15) is 5.82 Å². The average molecular weight is 252 g/mol. The molecule has 0 aliphatic rings. The van der Waals surface area contributed by atoms with Crippen molar-refractivity contribution in [1.82, 2.24) is 0 Å². The zero-order valence-corrected chi connectivity index (χ0v) is 10.0. The monoisotopic (exact) mass is 252 g/mol. The molecule has 17 heavy (non-hydrogen) atoms. The molecule has 1 aromatic carbocycles. The highest BCUT2D eigenvalue weighted by molar-refractivity contribution is 7.99. The lowest BCUT2D eigenvalue weighted by Gasteiger charge is -2.02. The van der Waals surface area contributed by atoms with Crippen LogP contribution in [0.5, 0.6) is 0 Å². The molecule has 5 heteroatoms. The first-order valence-electron chi connectivity index (χ1n) is 4.97. The highest BCUT2D eigenvalue weighted by Crippen LogP contribution is 2.16. The molecule has 0 spiro atoms. The molecular weight excluding hydrogens is 239 g/mol. The molecule has 0 heterocycles. The molecule has 1 aromatic rings. The summed E-state index contributed by atoms with van der Waals surface area (Å²) in [6.45, 7) is 0.248. The Morgan fingerprint density at radius 2 is 2.24 bits per heavy atom. The second-order valence-electron chi connectivity index (χ2n) is 3.27. The van der Waals surface area contributed by atoms with Crippen LogP contribution >= 0.6 is 11.8 Å². The van der Waals surface area contributed by atoms with Crippen LogP contribution in [-0.2, 0) is 10.5 Å². The molecule has 0 atom stereocenters. The van der Waals surface area contributed by atoms with Crippen molar-refractivity contribution in [1.29, 1.82) is 0 Å². The van der Waals surface area contributed by atoms with Crippen LogP contribution in [0.15, 0.2) is 18.2 Å². The second kappa shape index (κ2) is 6.94. The molecule has 0 saturated carbocycles. The molecule has 90 valence electrons. The quantitative estimate of drug-likeness (QED) is 0.781. The highest BCUT2D eigenvalue weighted by atomic mass is 32.2. The predicted octanol–water partition coefficient (Wildman–Crippen LogP) is 0.854. The van der Waals surface area contributed by atoms with Gasteiger partial charge in [-0.2, -0.15) is 0 Å². The van der Waals surface area contributed by atoms with Crippen LogP contribution in [0.3, 0.4) is 0 Å². The van der Waals surface area contributed by atoms with Gasteiger partial charge in [0.2, 0.25) is 5.91 Å². The number of hydrogen-bond acceptors (Lipinski definition) is 3. The minimum atomic E-state index is -0.402. The zero-order chi connectivity index (χ0) is 12.7. The van der Waals surface area contributed by atoms with Crippen LogP contribution < -0.4 is 11.5 Å². The summed E-state index contributed by atoms with van der Waals surface area (Å²) < 4.78 is 13.6. The summed E-state index contributed by atoms with van der Waals surface area (Å²) in [5.41, 5.74) is 11.3. The summed E-state index contributed by atoms with van der Waals surface area (Å²) in [7, 11) is 0. The fraction of sp³-hybridized carbons (Fsp3) is 0.250. The summed E-state index contributed by atoms with van der Waals surface area (Å²) in [4.78, 5) is 10.5. The van der Waals surface area contributed by atoms with Gasteiger partial charge in [-0.1, -0.05) is 17.9 Å². The molecule has 0 radical (unpaired) electrons. The van der Waals surface area contributed by atoms with E-state index in [0.717, 1.165) is 0 Å². The first-order valence-corrected chi connectivity index (χ1v) is 6.12. The van der Waals surface area contributed by atoms with Crippen molar-refractivity contribution in [3.63, 3.8) is 0 Å². The molecule has 3 nitrogen and oxygen atoms in total. The minimum Gasteiger partial charge on any atom is -0.369 e. The number of benzene rings is 1. The van der Waals surface area contributed by atoms with Gasteiger partial charge in [-0.3, -0.25) is 4.79 Å². The third-order valence-electron chi connectivity index (χ3n) is 1.89. The van der Waals surface area contributed by atoms with Crippen LogP contribution in [0.1, 0.15) is 11.1 Å². The van der Waals surface area contributed by atoms with Crippen molar-refractivity contribution in [2.24, 2.45) is 11.5 Å². The predicted molar refractivity (Wildman–Crippen MR) is 67.7 cm³/mol. The first kappa shape index (κ1) is 13.6. The zero-order valence-electron chi connectivity index (χ0n) is 9.20. The summed E-state index contributed by atoms with van der Waals surface area (Å²) in [6.07, 6.45) is 0. The summed E-state index contributed by atoms with van der Waals surface area (Å²) in [5, 5.41) is 0. The van der Waals surface area contributed by atoms with Gasteiger partial charge >= 0.3 is 0 Å². The molecule has 0 aliphatic carbocycles. The number of nitrogens with two attached hydrogens (primary N) is 2. The molecule has 0 unspecified atom stereocenters. The van der Waals surface area contributed by atoms with Gasteiger partial charge in [0.25, 0.3) is 0 Å². The second-order valence-corrected chi connectivity index (χ2v) is 4.26. The van der Waals surface area contributed by atoms with E-state index in [2.05, 4.69) is 11.8 Å². The van der Waals surface area contributed by atoms with Crippen LogP contribution in [0.25, 0.3) is 0 Å². The number of rotatable bonds is 4. The van der Waals surface area contributed by atoms with E-state index in [1.165, 1.54) is 17.8 Å². The van der Waals surface area contributed by atoms with Crippen LogP contribution in [0.4, 0.5) is 4.39 Å². The topological polar surface area (TPSA) is 69.1 Å². The van der Waals surface area contributed by atoms with Crippen molar-refractivity contribution >= 4 is 17.7 Å². The Morgan fingerprint density at radius 3 is 2.82 bits per heavy atom. The van der Waals surface area contributed by atoms with E-state index in [0.29, 0.717) is 16.9 Å². The number of carbonyl (C=O) groups excluding carboxylic acids is 1. The van der Waals surface area contributed by atoms with E-state index < -0.39 is 5.91 Å². The van der Waals surface area contributed by atoms with E-state index in [4.69, 9.17) is 11.5 Å². The van der Waals surface area contributed by atoms with Crippen molar-refractivity contribution in [2.75, 3.05) is 12.3 Å². The molecule has 1 rings (SSSR count). The van der Waals surface area contributed by atoms with E-state index in [1.54, 1.807) is 12.1 Å². The molecule has 0 fully saturated rings.